The van der Waals surface area contributed by atoms with Gasteiger partial charge in [0.05, 0.1) is 29.5 Å². The molecule has 3 aromatic rings. The average molecular weight is 359 g/mol. The van der Waals surface area contributed by atoms with Gasteiger partial charge in [0.25, 0.3) is 15.6 Å². The molecule has 0 aliphatic carbocycles. The third-order valence-electron chi connectivity index (χ3n) is 4.58. The van der Waals surface area contributed by atoms with Crippen molar-refractivity contribution in [3.05, 3.63) is 53.0 Å². The van der Waals surface area contributed by atoms with Crippen LogP contribution in [-0.4, -0.2) is 38.8 Å². The van der Waals surface area contributed by atoms with E-state index in [0.29, 0.717) is 36.1 Å². The SMILES string of the molecule is Cn1c(C2CCCN2S(=O)(=O)c2cnc[nH]2)nc2ccccc2c1=O. The van der Waals surface area contributed by atoms with Crippen molar-refractivity contribution in [2.75, 3.05) is 6.54 Å². The van der Waals surface area contributed by atoms with Gasteiger partial charge in [-0.2, -0.15) is 4.31 Å². The predicted molar refractivity (Wildman–Crippen MR) is 91.4 cm³/mol. The monoisotopic (exact) mass is 359 g/mol. The van der Waals surface area contributed by atoms with Crippen LogP contribution in [-0.2, 0) is 17.1 Å². The summed E-state index contributed by atoms with van der Waals surface area (Å²) in [6, 6.07) is 6.61. The zero-order valence-electron chi connectivity index (χ0n) is 13.6. The van der Waals surface area contributed by atoms with Gasteiger partial charge in [0.1, 0.15) is 5.82 Å². The van der Waals surface area contributed by atoms with E-state index in [1.807, 2.05) is 6.07 Å². The van der Waals surface area contributed by atoms with Gasteiger partial charge in [-0.05, 0) is 25.0 Å². The number of nitrogens with zero attached hydrogens (tertiary/aromatic N) is 4. The molecule has 1 saturated heterocycles. The molecule has 4 rings (SSSR count). The number of hydrogen-bond donors (Lipinski definition) is 1. The standard InChI is InChI=1S/C16H17N5O3S/c1-20-15(19-12-6-3-2-5-11(12)16(20)22)13-7-4-8-21(13)25(23,24)14-9-17-10-18-14/h2-3,5-6,9-10,13H,4,7-8H2,1H3,(H,17,18). The summed E-state index contributed by atoms with van der Waals surface area (Å²) in [6.45, 7) is 0.384. The third-order valence-corrected chi connectivity index (χ3v) is 6.41. The topological polar surface area (TPSA) is 101 Å². The minimum absolute atomic E-state index is 0.0465. The summed E-state index contributed by atoms with van der Waals surface area (Å²) >= 11 is 0. The molecule has 2 aromatic heterocycles. The summed E-state index contributed by atoms with van der Waals surface area (Å²) in [5.74, 6) is 0.462. The predicted octanol–water partition coefficient (Wildman–Crippen LogP) is 1.18. The van der Waals surface area contributed by atoms with Crippen molar-refractivity contribution in [1.29, 1.82) is 0 Å². The minimum Gasteiger partial charge on any atom is -0.335 e. The molecular formula is C16H17N5O3S. The van der Waals surface area contributed by atoms with Crippen molar-refractivity contribution in [2.24, 2.45) is 7.05 Å². The lowest BCUT2D eigenvalue weighted by molar-refractivity contribution is 0.372. The molecule has 1 atom stereocenters. The van der Waals surface area contributed by atoms with Gasteiger partial charge in [0, 0.05) is 13.6 Å². The quantitative estimate of drug-likeness (QED) is 0.757. The molecule has 1 unspecified atom stereocenters. The van der Waals surface area contributed by atoms with Gasteiger partial charge in [-0.15, -0.1) is 0 Å². The maximum absolute atomic E-state index is 12.9. The highest BCUT2D eigenvalue weighted by Gasteiger charge is 2.39. The van der Waals surface area contributed by atoms with Gasteiger partial charge >= 0.3 is 0 Å². The molecule has 0 radical (unpaired) electrons. The Morgan fingerprint density at radius 2 is 2.08 bits per heavy atom. The van der Waals surface area contributed by atoms with Gasteiger partial charge in [-0.1, -0.05) is 12.1 Å². The number of rotatable bonds is 3. The first-order valence-electron chi connectivity index (χ1n) is 7.96. The second-order valence-electron chi connectivity index (χ2n) is 6.04. The molecule has 8 nitrogen and oxygen atoms in total. The molecule has 0 spiro atoms. The van der Waals surface area contributed by atoms with E-state index in [0.717, 1.165) is 0 Å². The Morgan fingerprint density at radius 3 is 2.84 bits per heavy atom. The second-order valence-corrected chi connectivity index (χ2v) is 7.90. The Kier molecular flexibility index (Phi) is 3.69. The van der Waals surface area contributed by atoms with E-state index < -0.39 is 16.1 Å². The molecule has 1 N–H and O–H groups in total. The number of hydrogen-bond acceptors (Lipinski definition) is 5. The fraction of sp³-hybridized carbons (Fsp3) is 0.312. The molecule has 1 aliphatic rings. The van der Waals surface area contributed by atoms with Crippen LogP contribution in [0.4, 0.5) is 0 Å². The Labute approximate surface area is 144 Å². The zero-order valence-corrected chi connectivity index (χ0v) is 14.4. The van der Waals surface area contributed by atoms with Crippen LogP contribution in [0.1, 0.15) is 24.7 Å². The van der Waals surface area contributed by atoms with Crippen LogP contribution in [0.15, 0.2) is 46.6 Å². The maximum atomic E-state index is 12.9. The number of benzene rings is 1. The van der Waals surface area contributed by atoms with Crippen molar-refractivity contribution < 1.29 is 8.42 Å². The Hall–Kier alpha value is -2.52. The van der Waals surface area contributed by atoms with Crippen LogP contribution < -0.4 is 5.56 Å². The number of para-hydroxylation sites is 1. The lowest BCUT2D eigenvalue weighted by atomic mass is 10.2. The molecule has 1 aliphatic heterocycles. The number of aromatic amines is 1. The average Bonchev–Trinajstić information content (AvgIpc) is 3.30. The minimum atomic E-state index is -3.72. The van der Waals surface area contributed by atoms with Crippen molar-refractivity contribution in [1.82, 2.24) is 23.8 Å². The molecule has 0 saturated carbocycles. The number of H-pyrrole nitrogens is 1. The second kappa shape index (κ2) is 5.78. The van der Waals surface area contributed by atoms with Gasteiger partial charge in [0.15, 0.2) is 5.03 Å². The number of fused-ring (bicyclic) bond motifs is 1. The molecule has 0 bridgehead atoms. The summed E-state index contributed by atoms with van der Waals surface area (Å²) in [5.41, 5.74) is 0.401. The molecule has 0 amide bonds. The third kappa shape index (κ3) is 2.47. The van der Waals surface area contributed by atoms with Crippen molar-refractivity contribution in [3.8, 4) is 0 Å². The van der Waals surface area contributed by atoms with E-state index in [4.69, 9.17) is 0 Å². The van der Waals surface area contributed by atoms with Crippen molar-refractivity contribution in [2.45, 2.75) is 23.9 Å². The molecule has 1 aromatic carbocycles. The van der Waals surface area contributed by atoms with Gasteiger partial charge < -0.3 is 4.98 Å². The fourth-order valence-electron chi connectivity index (χ4n) is 3.33. The highest BCUT2D eigenvalue weighted by Crippen LogP contribution is 2.35. The number of nitrogens with one attached hydrogen (secondary N) is 1. The van der Waals surface area contributed by atoms with E-state index in [-0.39, 0.29) is 10.6 Å². The fourth-order valence-corrected chi connectivity index (χ4v) is 4.88. The number of imidazole rings is 1. The molecule has 130 valence electrons. The molecule has 1 fully saturated rings. The maximum Gasteiger partial charge on any atom is 0.261 e. The first-order chi connectivity index (χ1) is 12.0. The van der Waals surface area contributed by atoms with E-state index in [9.17, 15) is 13.2 Å². The number of sulfonamides is 1. The highest BCUT2D eigenvalue weighted by molar-refractivity contribution is 7.89. The van der Waals surface area contributed by atoms with Crippen LogP contribution in [0.2, 0.25) is 0 Å². The normalized spacial score (nSPS) is 18.8. The van der Waals surface area contributed by atoms with Gasteiger partial charge in [-0.3, -0.25) is 9.36 Å². The van der Waals surface area contributed by atoms with E-state index in [1.165, 1.54) is 21.4 Å². The largest absolute Gasteiger partial charge is 0.335 e. The van der Waals surface area contributed by atoms with E-state index >= 15 is 0 Å². The molecule has 25 heavy (non-hydrogen) atoms. The summed E-state index contributed by atoms with van der Waals surface area (Å²) in [5, 5.41) is 0.569. The smallest absolute Gasteiger partial charge is 0.261 e. The first-order valence-corrected chi connectivity index (χ1v) is 9.40. The Balaban J connectivity index is 1.85. The van der Waals surface area contributed by atoms with Gasteiger partial charge in [-0.25, -0.2) is 18.4 Å². The van der Waals surface area contributed by atoms with Crippen LogP contribution in [0.3, 0.4) is 0 Å². The zero-order chi connectivity index (χ0) is 17.6. The molecule has 3 heterocycles. The summed E-state index contributed by atoms with van der Waals surface area (Å²) in [7, 11) is -2.08. The summed E-state index contributed by atoms with van der Waals surface area (Å²) < 4.78 is 28.6. The lowest BCUT2D eigenvalue weighted by Crippen LogP contribution is -2.35. The van der Waals surface area contributed by atoms with Crippen LogP contribution >= 0.6 is 0 Å². The van der Waals surface area contributed by atoms with Crippen molar-refractivity contribution >= 4 is 20.9 Å². The van der Waals surface area contributed by atoms with Crippen LogP contribution in [0, 0.1) is 0 Å². The Morgan fingerprint density at radius 1 is 1.28 bits per heavy atom. The van der Waals surface area contributed by atoms with E-state index in [1.54, 1.807) is 25.2 Å². The van der Waals surface area contributed by atoms with E-state index in [2.05, 4.69) is 15.0 Å². The highest BCUT2D eigenvalue weighted by atomic mass is 32.2. The number of aromatic nitrogens is 4. The summed E-state index contributed by atoms with van der Waals surface area (Å²) in [4.78, 5) is 23.7. The molecular weight excluding hydrogens is 342 g/mol. The molecule has 9 heteroatoms. The van der Waals surface area contributed by atoms with Gasteiger partial charge in [0.2, 0.25) is 0 Å². The summed E-state index contributed by atoms with van der Waals surface area (Å²) in [6.07, 6.45) is 3.95. The van der Waals surface area contributed by atoms with Crippen molar-refractivity contribution in [3.63, 3.8) is 0 Å². The lowest BCUT2D eigenvalue weighted by Gasteiger charge is -2.24. The Bertz CT molecular complexity index is 1090. The first kappa shape index (κ1) is 16.0. The van der Waals surface area contributed by atoms with Crippen LogP contribution in [0.5, 0.6) is 0 Å². The van der Waals surface area contributed by atoms with Crippen LogP contribution in [0.25, 0.3) is 10.9 Å².